The van der Waals surface area contributed by atoms with Crippen molar-refractivity contribution in [2.45, 2.75) is 45.6 Å². The Morgan fingerprint density at radius 2 is 2.07 bits per heavy atom. The Hall–Kier alpha value is -3.36. The predicted octanol–water partition coefficient (Wildman–Crippen LogP) is 3.42. The van der Waals surface area contributed by atoms with Gasteiger partial charge in [0.15, 0.2) is 17.3 Å². The number of hydrogen-bond acceptors (Lipinski definition) is 7. The minimum atomic E-state index is -0.0991. The second-order valence-electron chi connectivity index (χ2n) is 7.13. The van der Waals surface area contributed by atoms with E-state index in [0.717, 1.165) is 5.56 Å². The van der Waals surface area contributed by atoms with Crippen molar-refractivity contribution in [3.8, 4) is 11.5 Å². The van der Waals surface area contributed by atoms with Gasteiger partial charge in [-0.3, -0.25) is 4.79 Å². The van der Waals surface area contributed by atoms with Gasteiger partial charge in [-0.1, -0.05) is 31.1 Å². The maximum absolute atomic E-state index is 12.4. The van der Waals surface area contributed by atoms with Crippen molar-refractivity contribution < 1.29 is 18.8 Å². The van der Waals surface area contributed by atoms with E-state index in [1.807, 2.05) is 32.0 Å². The monoisotopic (exact) mass is 413 g/mol. The molecule has 3 rings (SSSR count). The lowest BCUT2D eigenvalue weighted by atomic mass is 10.2. The van der Waals surface area contributed by atoms with E-state index in [9.17, 15) is 4.79 Å². The van der Waals surface area contributed by atoms with Crippen LogP contribution in [0.2, 0.25) is 0 Å². The van der Waals surface area contributed by atoms with E-state index >= 15 is 0 Å². The van der Waals surface area contributed by atoms with Gasteiger partial charge in [0.2, 0.25) is 11.8 Å². The number of nitrogens with zero attached hydrogens (tertiary/aromatic N) is 4. The minimum Gasteiger partial charge on any atom is -0.493 e. The molecule has 3 aromatic rings. The van der Waals surface area contributed by atoms with Crippen LogP contribution in [0.3, 0.4) is 0 Å². The van der Waals surface area contributed by atoms with Gasteiger partial charge in [-0.2, -0.15) is 10.1 Å². The second kappa shape index (κ2) is 9.91. The van der Waals surface area contributed by atoms with Gasteiger partial charge in [-0.15, -0.1) is 0 Å². The van der Waals surface area contributed by atoms with Crippen molar-refractivity contribution >= 4 is 11.7 Å². The van der Waals surface area contributed by atoms with Gasteiger partial charge in [0.1, 0.15) is 5.82 Å². The lowest BCUT2D eigenvalue weighted by Gasteiger charge is -2.14. The molecule has 9 heteroatoms. The third kappa shape index (κ3) is 5.16. The van der Waals surface area contributed by atoms with Crippen molar-refractivity contribution in [2.75, 3.05) is 19.5 Å². The summed E-state index contributed by atoms with van der Waals surface area (Å²) in [6.45, 7) is 4.45. The summed E-state index contributed by atoms with van der Waals surface area (Å²) in [6, 6.07) is 7.42. The predicted molar refractivity (Wildman–Crippen MR) is 111 cm³/mol. The summed E-state index contributed by atoms with van der Waals surface area (Å²) in [7, 11) is 3.19. The molecule has 0 fully saturated rings. The average Bonchev–Trinajstić information content (AvgIpc) is 3.37. The van der Waals surface area contributed by atoms with Crippen molar-refractivity contribution in [1.29, 1.82) is 0 Å². The third-order valence-electron chi connectivity index (χ3n) is 4.58. The number of benzene rings is 1. The van der Waals surface area contributed by atoms with Crippen LogP contribution in [0.5, 0.6) is 11.5 Å². The van der Waals surface area contributed by atoms with Crippen LogP contribution < -0.4 is 14.8 Å². The highest BCUT2D eigenvalue weighted by Gasteiger charge is 2.14. The molecular formula is C21H27N5O4. The molecule has 0 unspecified atom stereocenters. The van der Waals surface area contributed by atoms with E-state index in [2.05, 4.69) is 20.6 Å². The number of carbonyl (C=O) groups is 1. The summed E-state index contributed by atoms with van der Waals surface area (Å²) in [5, 5.41) is 11.2. The number of rotatable bonds is 10. The van der Waals surface area contributed by atoms with Crippen LogP contribution in [0.25, 0.3) is 0 Å². The molecule has 0 saturated heterocycles. The van der Waals surface area contributed by atoms with Gasteiger partial charge in [0, 0.05) is 30.4 Å². The first-order valence-corrected chi connectivity index (χ1v) is 9.85. The molecule has 0 aliphatic carbocycles. The van der Waals surface area contributed by atoms with Crippen molar-refractivity contribution in [2.24, 2.45) is 0 Å². The van der Waals surface area contributed by atoms with Gasteiger partial charge in [-0.25, -0.2) is 4.68 Å². The average molecular weight is 413 g/mol. The molecule has 9 nitrogen and oxygen atoms in total. The first-order chi connectivity index (χ1) is 14.5. The molecule has 160 valence electrons. The Morgan fingerprint density at radius 3 is 2.77 bits per heavy atom. The molecule has 2 heterocycles. The molecule has 0 atom stereocenters. The lowest BCUT2D eigenvalue weighted by molar-refractivity contribution is -0.116. The SMILES string of the molecule is COc1cccc(Cn2nccc2NC(=O)CCCc2nc(C(C)C)no2)c1OC. The van der Waals surface area contributed by atoms with Crippen LogP contribution in [-0.2, 0) is 17.8 Å². The zero-order chi connectivity index (χ0) is 21.5. The maximum Gasteiger partial charge on any atom is 0.226 e. The van der Waals surface area contributed by atoms with E-state index in [1.165, 1.54) is 0 Å². The standard InChI is InChI=1S/C21H27N5O4/c1-14(2)21-24-19(30-25-21)10-6-9-18(27)23-17-11-12-22-26(17)13-15-7-5-8-16(28-3)20(15)29-4/h5,7-8,11-12,14H,6,9-10,13H2,1-4H3,(H,23,27). The summed E-state index contributed by atoms with van der Waals surface area (Å²) in [5.74, 6) is 3.27. The van der Waals surface area contributed by atoms with Crippen LogP contribution in [0.4, 0.5) is 5.82 Å². The molecule has 0 aliphatic rings. The smallest absolute Gasteiger partial charge is 0.226 e. The van der Waals surface area contributed by atoms with Crippen LogP contribution in [0, 0.1) is 0 Å². The first-order valence-electron chi connectivity index (χ1n) is 9.85. The van der Waals surface area contributed by atoms with Crippen molar-refractivity contribution in [3.05, 3.63) is 47.7 Å². The lowest BCUT2D eigenvalue weighted by Crippen LogP contribution is -2.16. The molecule has 1 N–H and O–H groups in total. The molecule has 0 radical (unpaired) electrons. The Balaban J connectivity index is 1.57. The van der Waals surface area contributed by atoms with E-state index in [-0.39, 0.29) is 11.8 Å². The Morgan fingerprint density at radius 1 is 1.23 bits per heavy atom. The molecule has 0 spiro atoms. The van der Waals surface area contributed by atoms with Crippen LogP contribution >= 0.6 is 0 Å². The maximum atomic E-state index is 12.4. The second-order valence-corrected chi connectivity index (χ2v) is 7.13. The number of para-hydroxylation sites is 1. The highest BCUT2D eigenvalue weighted by atomic mass is 16.5. The van der Waals surface area contributed by atoms with E-state index < -0.39 is 0 Å². The minimum absolute atomic E-state index is 0.0991. The Bertz CT molecular complexity index is 979. The summed E-state index contributed by atoms with van der Waals surface area (Å²) >= 11 is 0. The van der Waals surface area contributed by atoms with Crippen LogP contribution in [0.1, 0.15) is 49.9 Å². The number of amides is 1. The molecular weight excluding hydrogens is 386 g/mol. The van der Waals surface area contributed by atoms with E-state index in [0.29, 0.717) is 54.8 Å². The number of methoxy groups -OCH3 is 2. The van der Waals surface area contributed by atoms with Crippen LogP contribution in [0.15, 0.2) is 35.0 Å². The summed E-state index contributed by atoms with van der Waals surface area (Å²) in [6.07, 6.45) is 3.16. The van der Waals surface area contributed by atoms with Gasteiger partial charge in [0.05, 0.1) is 27.0 Å². The molecule has 0 saturated carbocycles. The summed E-state index contributed by atoms with van der Waals surface area (Å²) < 4.78 is 17.7. The number of aromatic nitrogens is 4. The molecule has 30 heavy (non-hydrogen) atoms. The molecule has 1 amide bonds. The molecule has 2 aromatic heterocycles. The molecule has 0 aliphatic heterocycles. The van der Waals surface area contributed by atoms with Gasteiger partial charge in [-0.05, 0) is 12.5 Å². The molecule has 1 aromatic carbocycles. The molecule has 0 bridgehead atoms. The zero-order valence-corrected chi connectivity index (χ0v) is 17.7. The number of aryl methyl sites for hydroxylation is 1. The zero-order valence-electron chi connectivity index (χ0n) is 17.7. The van der Waals surface area contributed by atoms with Crippen LogP contribution in [-0.4, -0.2) is 40.0 Å². The quantitative estimate of drug-likeness (QED) is 0.543. The van der Waals surface area contributed by atoms with Gasteiger partial charge in [0.25, 0.3) is 0 Å². The summed E-state index contributed by atoms with van der Waals surface area (Å²) in [4.78, 5) is 16.7. The highest BCUT2D eigenvalue weighted by Crippen LogP contribution is 2.31. The fraction of sp³-hybridized carbons (Fsp3) is 0.429. The fourth-order valence-electron chi connectivity index (χ4n) is 3.01. The van der Waals surface area contributed by atoms with Gasteiger partial charge < -0.3 is 19.3 Å². The highest BCUT2D eigenvalue weighted by molar-refractivity contribution is 5.89. The number of nitrogens with one attached hydrogen (secondary N) is 1. The Labute approximate surface area is 175 Å². The fourth-order valence-corrected chi connectivity index (χ4v) is 3.01. The Kier molecular flexibility index (Phi) is 7.05. The van der Waals surface area contributed by atoms with Crippen molar-refractivity contribution in [3.63, 3.8) is 0 Å². The largest absolute Gasteiger partial charge is 0.493 e. The summed E-state index contributed by atoms with van der Waals surface area (Å²) in [5.41, 5.74) is 0.897. The number of carbonyl (C=O) groups excluding carboxylic acids is 1. The van der Waals surface area contributed by atoms with E-state index in [4.69, 9.17) is 14.0 Å². The van der Waals surface area contributed by atoms with Crippen molar-refractivity contribution in [1.82, 2.24) is 19.9 Å². The normalized spacial score (nSPS) is 11.0. The number of hydrogen-bond donors (Lipinski definition) is 1. The number of ether oxygens (including phenoxy) is 2. The third-order valence-corrected chi connectivity index (χ3v) is 4.58. The van der Waals surface area contributed by atoms with Gasteiger partial charge >= 0.3 is 0 Å². The van der Waals surface area contributed by atoms with E-state index in [1.54, 1.807) is 31.2 Å². The topological polar surface area (TPSA) is 104 Å². The number of anilines is 1. The first kappa shape index (κ1) is 21.4.